The number of carbonyl (C=O) groups excluding carboxylic acids is 1. The number of benzene rings is 1. The first kappa shape index (κ1) is 21.3. The van der Waals surface area contributed by atoms with Gasteiger partial charge in [-0.05, 0) is 44.5 Å². The molecule has 0 spiro atoms. The highest BCUT2D eigenvalue weighted by molar-refractivity contribution is 5.85. The van der Waals surface area contributed by atoms with E-state index < -0.39 is 0 Å². The first-order valence-electron chi connectivity index (χ1n) is 8.96. The second-order valence-corrected chi connectivity index (χ2v) is 7.11. The van der Waals surface area contributed by atoms with Crippen LogP contribution in [-0.2, 0) is 16.1 Å². The number of carbonyl (C=O) groups is 1. The fraction of sp³-hybridized carbons (Fsp3) is 0.526. The molecule has 3 rings (SSSR count). The molecule has 1 amide bonds. The molecule has 7 nitrogen and oxygen atoms in total. The third kappa shape index (κ3) is 4.86. The molecule has 1 aromatic carbocycles. The van der Waals surface area contributed by atoms with Crippen molar-refractivity contribution in [2.45, 2.75) is 26.3 Å². The first-order valence-corrected chi connectivity index (χ1v) is 8.96. The second-order valence-electron chi connectivity index (χ2n) is 7.11. The van der Waals surface area contributed by atoms with E-state index in [1.54, 1.807) is 13.2 Å². The van der Waals surface area contributed by atoms with Crippen molar-refractivity contribution in [3.05, 3.63) is 40.4 Å². The van der Waals surface area contributed by atoms with Crippen LogP contribution in [0.25, 0.3) is 10.9 Å². The number of fused-ring (bicyclic) bond motifs is 1. The van der Waals surface area contributed by atoms with Gasteiger partial charge < -0.3 is 15.4 Å². The van der Waals surface area contributed by atoms with Crippen LogP contribution in [0.5, 0.6) is 0 Å². The number of aromatic nitrogens is 2. The normalized spacial score (nSPS) is 15.9. The number of amides is 1. The van der Waals surface area contributed by atoms with Crippen LogP contribution in [0.2, 0.25) is 0 Å². The molecule has 8 heteroatoms. The van der Waals surface area contributed by atoms with Gasteiger partial charge in [0.25, 0.3) is 5.56 Å². The lowest BCUT2D eigenvalue weighted by Crippen LogP contribution is -2.48. The number of rotatable bonds is 6. The minimum Gasteiger partial charge on any atom is -0.384 e. The molecule has 27 heavy (non-hydrogen) atoms. The predicted octanol–water partition coefficient (Wildman–Crippen LogP) is 1.26. The molecular formula is C19H27ClN4O3. The molecule has 2 N–H and O–H groups in total. The SMILES string of the molecule is COCC1(CNC(=O)Cn2cnc3c(C)cccc3c2=O)CCNCC1.Cl. The molecule has 1 aliphatic heterocycles. The van der Waals surface area contributed by atoms with Crippen LogP contribution in [0.15, 0.2) is 29.3 Å². The van der Waals surface area contributed by atoms with Gasteiger partial charge >= 0.3 is 0 Å². The average molecular weight is 395 g/mol. The first-order chi connectivity index (χ1) is 12.5. The summed E-state index contributed by atoms with van der Waals surface area (Å²) in [6.07, 6.45) is 3.36. The molecule has 1 aliphatic rings. The molecule has 1 fully saturated rings. The highest BCUT2D eigenvalue weighted by Crippen LogP contribution is 2.28. The van der Waals surface area contributed by atoms with Crippen LogP contribution in [0, 0.1) is 12.3 Å². The standard InChI is InChI=1S/C19H26N4O3.ClH/c1-14-4-3-5-15-17(14)22-13-23(18(15)25)10-16(24)21-11-19(12-26-2)6-8-20-9-7-19;/h3-5,13,20H,6-12H2,1-2H3,(H,21,24);1H. The molecule has 1 aromatic heterocycles. The summed E-state index contributed by atoms with van der Waals surface area (Å²) in [6.45, 7) is 4.90. The number of hydrogen-bond acceptors (Lipinski definition) is 5. The van der Waals surface area contributed by atoms with E-state index in [1.807, 2.05) is 19.1 Å². The van der Waals surface area contributed by atoms with Gasteiger partial charge in [0, 0.05) is 19.1 Å². The van der Waals surface area contributed by atoms with E-state index >= 15 is 0 Å². The number of hydrogen-bond donors (Lipinski definition) is 2. The van der Waals surface area contributed by atoms with Crippen LogP contribution < -0.4 is 16.2 Å². The predicted molar refractivity (Wildman–Crippen MR) is 107 cm³/mol. The largest absolute Gasteiger partial charge is 0.384 e. The van der Waals surface area contributed by atoms with E-state index in [4.69, 9.17) is 4.74 Å². The maximum atomic E-state index is 12.6. The molecule has 0 atom stereocenters. The highest BCUT2D eigenvalue weighted by Gasteiger charge is 2.32. The summed E-state index contributed by atoms with van der Waals surface area (Å²) in [6, 6.07) is 5.49. The monoisotopic (exact) mass is 394 g/mol. The summed E-state index contributed by atoms with van der Waals surface area (Å²) in [5.74, 6) is -0.185. The molecule has 0 radical (unpaired) electrons. The van der Waals surface area contributed by atoms with Crippen LogP contribution in [0.3, 0.4) is 0 Å². The van der Waals surface area contributed by atoms with Crippen LogP contribution in [-0.4, -0.2) is 48.8 Å². The summed E-state index contributed by atoms with van der Waals surface area (Å²) < 4.78 is 6.73. The number of para-hydroxylation sites is 1. The van der Waals surface area contributed by atoms with Crippen molar-refractivity contribution in [3.63, 3.8) is 0 Å². The number of aryl methyl sites for hydroxylation is 1. The highest BCUT2D eigenvalue weighted by atomic mass is 35.5. The van der Waals surface area contributed by atoms with Crippen molar-refractivity contribution < 1.29 is 9.53 Å². The summed E-state index contributed by atoms with van der Waals surface area (Å²) in [5, 5.41) is 6.85. The Labute approximate surface area is 164 Å². The van der Waals surface area contributed by atoms with Gasteiger partial charge in [0.2, 0.25) is 5.91 Å². The second kappa shape index (κ2) is 9.30. The topological polar surface area (TPSA) is 85.2 Å². The average Bonchev–Trinajstić information content (AvgIpc) is 2.64. The maximum Gasteiger partial charge on any atom is 0.261 e. The van der Waals surface area contributed by atoms with Gasteiger partial charge in [0.15, 0.2) is 0 Å². The Morgan fingerprint density at radius 3 is 2.81 bits per heavy atom. The number of halogens is 1. The van der Waals surface area contributed by atoms with Gasteiger partial charge in [-0.1, -0.05) is 12.1 Å². The van der Waals surface area contributed by atoms with Gasteiger partial charge in [0.05, 0.1) is 23.8 Å². The number of piperidine rings is 1. The number of methoxy groups -OCH3 is 1. The molecule has 0 unspecified atom stereocenters. The number of ether oxygens (including phenoxy) is 1. The number of nitrogens with zero attached hydrogens (tertiary/aromatic N) is 2. The Morgan fingerprint density at radius 2 is 2.11 bits per heavy atom. The van der Waals surface area contributed by atoms with E-state index in [1.165, 1.54) is 10.9 Å². The van der Waals surface area contributed by atoms with E-state index in [-0.39, 0.29) is 35.8 Å². The summed E-state index contributed by atoms with van der Waals surface area (Å²) >= 11 is 0. The maximum absolute atomic E-state index is 12.6. The van der Waals surface area contributed by atoms with E-state index in [0.29, 0.717) is 24.1 Å². The Balaban J connectivity index is 0.00000261. The van der Waals surface area contributed by atoms with Crippen LogP contribution >= 0.6 is 12.4 Å². The molecule has 2 heterocycles. The Hall–Kier alpha value is -1.96. The van der Waals surface area contributed by atoms with Gasteiger partial charge in [0.1, 0.15) is 6.54 Å². The molecule has 1 saturated heterocycles. The zero-order valence-corrected chi connectivity index (χ0v) is 16.6. The summed E-state index contributed by atoms with van der Waals surface area (Å²) in [4.78, 5) is 29.3. The minimum atomic E-state index is -0.192. The fourth-order valence-corrected chi connectivity index (χ4v) is 3.58. The Kier molecular flexibility index (Phi) is 7.35. The fourth-order valence-electron chi connectivity index (χ4n) is 3.58. The van der Waals surface area contributed by atoms with Gasteiger partial charge in [-0.25, -0.2) is 4.98 Å². The van der Waals surface area contributed by atoms with Gasteiger partial charge in [-0.3, -0.25) is 14.2 Å². The lowest BCUT2D eigenvalue weighted by atomic mass is 9.79. The zero-order valence-electron chi connectivity index (χ0n) is 15.8. The van der Waals surface area contributed by atoms with E-state index in [9.17, 15) is 9.59 Å². The minimum absolute atomic E-state index is 0. The molecular weight excluding hydrogens is 368 g/mol. The van der Waals surface area contributed by atoms with Crippen molar-refractivity contribution in [1.82, 2.24) is 20.2 Å². The molecule has 2 aromatic rings. The third-order valence-corrected chi connectivity index (χ3v) is 5.14. The van der Waals surface area contributed by atoms with Crippen molar-refractivity contribution in [2.24, 2.45) is 5.41 Å². The molecule has 0 aliphatic carbocycles. The van der Waals surface area contributed by atoms with Crippen molar-refractivity contribution >= 4 is 29.2 Å². The van der Waals surface area contributed by atoms with Crippen LogP contribution in [0.1, 0.15) is 18.4 Å². The quantitative estimate of drug-likeness (QED) is 0.770. The lowest BCUT2D eigenvalue weighted by molar-refractivity contribution is -0.122. The van der Waals surface area contributed by atoms with Gasteiger partial charge in [-0.2, -0.15) is 0 Å². The van der Waals surface area contributed by atoms with Gasteiger partial charge in [-0.15, -0.1) is 12.4 Å². The van der Waals surface area contributed by atoms with Crippen molar-refractivity contribution in [3.8, 4) is 0 Å². The Morgan fingerprint density at radius 1 is 1.37 bits per heavy atom. The smallest absolute Gasteiger partial charge is 0.261 e. The molecule has 0 saturated carbocycles. The van der Waals surface area contributed by atoms with E-state index in [0.717, 1.165) is 31.5 Å². The number of nitrogens with one attached hydrogen (secondary N) is 2. The van der Waals surface area contributed by atoms with Crippen molar-refractivity contribution in [2.75, 3.05) is 33.4 Å². The summed E-state index contributed by atoms with van der Waals surface area (Å²) in [5.41, 5.74) is 1.40. The van der Waals surface area contributed by atoms with Crippen LogP contribution in [0.4, 0.5) is 0 Å². The lowest BCUT2D eigenvalue weighted by Gasteiger charge is -2.37. The third-order valence-electron chi connectivity index (χ3n) is 5.14. The Bertz CT molecular complexity index is 841. The van der Waals surface area contributed by atoms with E-state index in [2.05, 4.69) is 15.6 Å². The molecule has 148 valence electrons. The van der Waals surface area contributed by atoms with Crippen molar-refractivity contribution in [1.29, 1.82) is 0 Å². The molecule has 0 bridgehead atoms. The summed E-state index contributed by atoms with van der Waals surface area (Å²) in [7, 11) is 1.69. The zero-order chi connectivity index (χ0) is 18.6.